The van der Waals surface area contributed by atoms with Crippen molar-refractivity contribution >= 4 is 16.8 Å². The fourth-order valence-electron chi connectivity index (χ4n) is 5.12. The van der Waals surface area contributed by atoms with Crippen LogP contribution in [-0.4, -0.2) is 28.0 Å². The number of aromatic nitrogens is 1. The summed E-state index contributed by atoms with van der Waals surface area (Å²) in [5.74, 6) is -0.177. The summed E-state index contributed by atoms with van der Waals surface area (Å²) in [6.45, 7) is 0.0716. The molecule has 1 unspecified atom stereocenters. The van der Waals surface area contributed by atoms with Gasteiger partial charge in [-0.2, -0.15) is 0 Å². The summed E-state index contributed by atoms with van der Waals surface area (Å²) in [5.41, 5.74) is 3.43. The number of amides is 1. The molecule has 1 aliphatic heterocycles. The van der Waals surface area contributed by atoms with E-state index in [2.05, 4.69) is 4.98 Å². The summed E-state index contributed by atoms with van der Waals surface area (Å²) in [6.07, 6.45) is -0.217. The maximum absolute atomic E-state index is 14.0. The SMILES string of the molecule is COc1c2c(c(OC(c3ccccc3)c3ccccc3)c3ncccc13)C(=O)N(Cc1ccc(F)cc1)C2O. The molecule has 1 N–H and O–H groups in total. The van der Waals surface area contributed by atoms with Crippen LogP contribution in [0.2, 0.25) is 0 Å². The number of carbonyl (C=O) groups excluding carboxylic acids is 1. The molecule has 0 fully saturated rings. The highest BCUT2D eigenvalue weighted by atomic mass is 19.1. The van der Waals surface area contributed by atoms with Gasteiger partial charge in [-0.05, 0) is 41.0 Å². The molecule has 0 saturated heterocycles. The third kappa shape index (κ3) is 4.36. The van der Waals surface area contributed by atoms with Gasteiger partial charge in [-0.1, -0.05) is 72.8 Å². The standard InChI is InChI=1S/C32H25FN2O4/c1-38-29-24-13-8-18-34-27(24)30(39-28(21-9-4-2-5-10-21)22-11-6-3-7-12-22)26-25(29)31(36)35(32(26)37)19-20-14-16-23(33)17-15-20/h2-18,28,31,36H,19H2,1H3. The molecule has 6 nitrogen and oxygen atoms in total. The lowest BCUT2D eigenvalue weighted by Crippen LogP contribution is -2.27. The van der Waals surface area contributed by atoms with Crippen LogP contribution < -0.4 is 9.47 Å². The summed E-state index contributed by atoms with van der Waals surface area (Å²) in [4.78, 5) is 19.9. The fraction of sp³-hybridized carbons (Fsp3) is 0.125. The van der Waals surface area contributed by atoms with Crippen LogP contribution in [0.3, 0.4) is 0 Å². The summed E-state index contributed by atoms with van der Waals surface area (Å²) < 4.78 is 26.0. The zero-order chi connectivity index (χ0) is 26.9. The first-order valence-corrected chi connectivity index (χ1v) is 12.6. The second-order valence-electron chi connectivity index (χ2n) is 9.30. The molecule has 4 aromatic carbocycles. The Bertz CT molecular complexity index is 1600. The molecule has 2 heterocycles. The predicted molar refractivity (Wildman–Crippen MR) is 145 cm³/mol. The average Bonchev–Trinajstić information content (AvgIpc) is 3.22. The molecule has 1 aliphatic rings. The van der Waals surface area contributed by atoms with E-state index in [-0.39, 0.29) is 23.7 Å². The van der Waals surface area contributed by atoms with E-state index in [0.29, 0.717) is 27.8 Å². The fourth-order valence-corrected chi connectivity index (χ4v) is 5.12. The Hall–Kier alpha value is -4.75. The van der Waals surface area contributed by atoms with Crippen molar-refractivity contribution in [1.82, 2.24) is 9.88 Å². The molecule has 1 amide bonds. The molecule has 6 rings (SSSR count). The first kappa shape index (κ1) is 24.6. The summed E-state index contributed by atoms with van der Waals surface area (Å²) in [5, 5.41) is 12.1. The Morgan fingerprint density at radius 1 is 0.897 bits per heavy atom. The highest BCUT2D eigenvalue weighted by molar-refractivity contribution is 6.09. The Morgan fingerprint density at radius 3 is 2.15 bits per heavy atom. The highest BCUT2D eigenvalue weighted by Gasteiger charge is 2.43. The van der Waals surface area contributed by atoms with Crippen LogP contribution in [0.5, 0.6) is 11.5 Å². The van der Waals surface area contributed by atoms with E-state index < -0.39 is 18.2 Å². The van der Waals surface area contributed by atoms with Crippen LogP contribution in [0, 0.1) is 5.82 Å². The third-order valence-electron chi connectivity index (χ3n) is 6.95. The van der Waals surface area contributed by atoms with Gasteiger partial charge in [0.1, 0.15) is 23.2 Å². The van der Waals surface area contributed by atoms with Crippen LogP contribution in [0.25, 0.3) is 10.9 Å². The number of fused-ring (bicyclic) bond motifs is 2. The number of benzene rings is 4. The van der Waals surface area contributed by atoms with Crippen molar-refractivity contribution in [3.05, 3.63) is 137 Å². The van der Waals surface area contributed by atoms with Crippen molar-refractivity contribution in [3.8, 4) is 11.5 Å². The number of halogens is 1. The molecule has 1 aromatic heterocycles. The van der Waals surface area contributed by atoms with E-state index in [1.54, 1.807) is 24.4 Å². The van der Waals surface area contributed by atoms with Crippen molar-refractivity contribution in [2.45, 2.75) is 18.9 Å². The van der Waals surface area contributed by atoms with E-state index in [1.165, 1.54) is 24.1 Å². The number of pyridine rings is 1. The van der Waals surface area contributed by atoms with Gasteiger partial charge in [0.2, 0.25) is 0 Å². The number of hydrogen-bond donors (Lipinski definition) is 1. The van der Waals surface area contributed by atoms with Gasteiger partial charge in [-0.15, -0.1) is 0 Å². The minimum atomic E-state index is -1.30. The number of nitrogens with zero attached hydrogens (tertiary/aromatic N) is 2. The second kappa shape index (κ2) is 10.2. The summed E-state index contributed by atoms with van der Waals surface area (Å²) >= 11 is 0. The molecule has 0 bridgehead atoms. The van der Waals surface area contributed by atoms with Crippen LogP contribution in [0.15, 0.2) is 103 Å². The number of aliphatic hydroxyl groups excluding tert-OH is 1. The predicted octanol–water partition coefficient (Wildman–Crippen LogP) is 6.20. The van der Waals surface area contributed by atoms with E-state index in [1.807, 2.05) is 66.7 Å². The van der Waals surface area contributed by atoms with Gasteiger partial charge in [0.25, 0.3) is 5.91 Å². The topological polar surface area (TPSA) is 71.9 Å². The van der Waals surface area contributed by atoms with Crippen molar-refractivity contribution in [2.75, 3.05) is 7.11 Å². The summed E-state index contributed by atoms with van der Waals surface area (Å²) in [6, 6.07) is 28.9. The van der Waals surface area contributed by atoms with Crippen molar-refractivity contribution in [2.24, 2.45) is 0 Å². The molecular weight excluding hydrogens is 495 g/mol. The molecule has 39 heavy (non-hydrogen) atoms. The summed E-state index contributed by atoms with van der Waals surface area (Å²) in [7, 11) is 1.50. The van der Waals surface area contributed by atoms with Crippen molar-refractivity contribution < 1.29 is 23.8 Å². The van der Waals surface area contributed by atoms with E-state index in [0.717, 1.165) is 11.1 Å². The van der Waals surface area contributed by atoms with Crippen molar-refractivity contribution in [1.29, 1.82) is 0 Å². The van der Waals surface area contributed by atoms with Gasteiger partial charge in [-0.25, -0.2) is 4.39 Å². The van der Waals surface area contributed by atoms with Gasteiger partial charge < -0.3 is 19.5 Å². The van der Waals surface area contributed by atoms with Gasteiger partial charge in [-0.3, -0.25) is 9.78 Å². The number of rotatable bonds is 7. The smallest absolute Gasteiger partial charge is 0.260 e. The normalized spacial score (nSPS) is 14.6. The van der Waals surface area contributed by atoms with Gasteiger partial charge >= 0.3 is 0 Å². The van der Waals surface area contributed by atoms with Gasteiger partial charge in [0.05, 0.1) is 18.2 Å². The Labute approximate surface area is 224 Å². The molecule has 0 saturated carbocycles. The Balaban J connectivity index is 1.53. The number of hydrogen-bond acceptors (Lipinski definition) is 5. The first-order valence-electron chi connectivity index (χ1n) is 12.6. The number of methoxy groups -OCH3 is 1. The molecular formula is C32H25FN2O4. The van der Waals surface area contributed by atoms with E-state index in [4.69, 9.17) is 9.47 Å². The van der Waals surface area contributed by atoms with Gasteiger partial charge in [0, 0.05) is 18.1 Å². The lowest BCUT2D eigenvalue weighted by molar-refractivity contribution is 0.0129. The average molecular weight is 521 g/mol. The quantitative estimate of drug-likeness (QED) is 0.277. The number of ether oxygens (including phenoxy) is 2. The maximum Gasteiger partial charge on any atom is 0.260 e. The Morgan fingerprint density at radius 2 is 1.54 bits per heavy atom. The molecule has 7 heteroatoms. The lowest BCUT2D eigenvalue weighted by Gasteiger charge is -2.23. The monoisotopic (exact) mass is 520 g/mol. The molecule has 1 atom stereocenters. The van der Waals surface area contributed by atoms with E-state index in [9.17, 15) is 14.3 Å². The van der Waals surface area contributed by atoms with Gasteiger partial charge in [0.15, 0.2) is 12.0 Å². The van der Waals surface area contributed by atoms with Crippen LogP contribution in [0.4, 0.5) is 4.39 Å². The number of aliphatic hydroxyl groups is 1. The van der Waals surface area contributed by atoms with Crippen LogP contribution in [0.1, 0.15) is 44.9 Å². The second-order valence-corrected chi connectivity index (χ2v) is 9.30. The molecule has 0 aliphatic carbocycles. The van der Waals surface area contributed by atoms with Crippen LogP contribution in [-0.2, 0) is 6.54 Å². The van der Waals surface area contributed by atoms with E-state index >= 15 is 0 Å². The molecule has 5 aromatic rings. The third-order valence-corrected chi connectivity index (χ3v) is 6.95. The molecule has 0 radical (unpaired) electrons. The minimum absolute atomic E-state index is 0.0716. The molecule has 0 spiro atoms. The zero-order valence-corrected chi connectivity index (χ0v) is 21.1. The minimum Gasteiger partial charge on any atom is -0.496 e. The maximum atomic E-state index is 14.0. The highest BCUT2D eigenvalue weighted by Crippen LogP contribution is 2.49. The first-order chi connectivity index (χ1) is 19.1. The number of carbonyl (C=O) groups is 1. The molecule has 194 valence electrons. The van der Waals surface area contributed by atoms with Crippen molar-refractivity contribution in [3.63, 3.8) is 0 Å². The van der Waals surface area contributed by atoms with Crippen LogP contribution >= 0.6 is 0 Å². The lowest BCUT2D eigenvalue weighted by atomic mass is 9.99. The largest absolute Gasteiger partial charge is 0.496 e. The zero-order valence-electron chi connectivity index (χ0n) is 21.1. The Kier molecular flexibility index (Phi) is 6.42.